The van der Waals surface area contributed by atoms with E-state index in [-0.39, 0.29) is 0 Å². The summed E-state index contributed by atoms with van der Waals surface area (Å²) in [7, 11) is 2.29. The lowest BCUT2D eigenvalue weighted by molar-refractivity contribution is 0.119. The summed E-state index contributed by atoms with van der Waals surface area (Å²) in [4.78, 5) is 2.56. The Morgan fingerprint density at radius 1 is 1.26 bits per heavy atom. The standard InChI is InChI=1S/C17H28N2/c1-4-14-9-6-7-11-16(14)17-15(13-18-5-2)10-8-12-19(17)3/h6-7,9,11,15,17-18H,4-5,8,10,12-13H2,1-3H3. The third kappa shape index (κ3) is 3.37. The predicted octanol–water partition coefficient (Wildman–Crippen LogP) is 3.24. The third-order valence-corrected chi connectivity index (χ3v) is 4.42. The Hall–Kier alpha value is -0.860. The highest BCUT2D eigenvalue weighted by atomic mass is 15.1. The number of benzene rings is 1. The fourth-order valence-corrected chi connectivity index (χ4v) is 3.44. The van der Waals surface area contributed by atoms with E-state index in [0.717, 1.165) is 25.4 Å². The smallest absolute Gasteiger partial charge is 0.0388 e. The maximum Gasteiger partial charge on any atom is 0.0388 e. The van der Waals surface area contributed by atoms with Gasteiger partial charge in [-0.15, -0.1) is 0 Å². The van der Waals surface area contributed by atoms with Crippen molar-refractivity contribution in [2.75, 3.05) is 26.7 Å². The number of likely N-dealkylation sites (tertiary alicyclic amines) is 1. The first kappa shape index (κ1) is 14.5. The number of nitrogens with zero attached hydrogens (tertiary/aromatic N) is 1. The van der Waals surface area contributed by atoms with E-state index in [4.69, 9.17) is 0 Å². The van der Waals surface area contributed by atoms with Crippen molar-refractivity contribution >= 4 is 0 Å². The highest BCUT2D eigenvalue weighted by molar-refractivity contribution is 5.31. The van der Waals surface area contributed by atoms with Gasteiger partial charge in [0, 0.05) is 6.04 Å². The van der Waals surface area contributed by atoms with Gasteiger partial charge in [-0.2, -0.15) is 0 Å². The van der Waals surface area contributed by atoms with Gasteiger partial charge in [0.2, 0.25) is 0 Å². The van der Waals surface area contributed by atoms with Gasteiger partial charge in [0.1, 0.15) is 0 Å². The van der Waals surface area contributed by atoms with Crippen LogP contribution in [0.5, 0.6) is 0 Å². The predicted molar refractivity (Wildman–Crippen MR) is 82.5 cm³/mol. The van der Waals surface area contributed by atoms with Crippen LogP contribution in [0.25, 0.3) is 0 Å². The molecule has 0 radical (unpaired) electrons. The first-order chi connectivity index (χ1) is 9.27. The second kappa shape index (κ2) is 7.06. The fraction of sp³-hybridized carbons (Fsp3) is 0.647. The summed E-state index contributed by atoms with van der Waals surface area (Å²) in [5, 5.41) is 3.55. The van der Waals surface area contributed by atoms with Crippen molar-refractivity contribution in [3.63, 3.8) is 0 Å². The van der Waals surface area contributed by atoms with E-state index in [1.54, 1.807) is 5.56 Å². The van der Waals surface area contributed by atoms with Crippen LogP contribution in [0, 0.1) is 5.92 Å². The number of rotatable bonds is 5. The zero-order chi connectivity index (χ0) is 13.7. The Morgan fingerprint density at radius 2 is 2.05 bits per heavy atom. The minimum atomic E-state index is 0.587. The van der Waals surface area contributed by atoms with Crippen LogP contribution in [0.15, 0.2) is 24.3 Å². The van der Waals surface area contributed by atoms with Crippen LogP contribution < -0.4 is 5.32 Å². The molecule has 2 nitrogen and oxygen atoms in total. The highest BCUT2D eigenvalue weighted by Crippen LogP contribution is 2.36. The van der Waals surface area contributed by atoms with E-state index in [1.807, 2.05) is 0 Å². The molecule has 1 N–H and O–H groups in total. The van der Waals surface area contributed by atoms with Crippen LogP contribution in [0.3, 0.4) is 0 Å². The average molecular weight is 260 g/mol. The first-order valence-corrected chi connectivity index (χ1v) is 7.76. The number of piperidine rings is 1. The van der Waals surface area contributed by atoms with Crippen LogP contribution in [0.1, 0.15) is 43.9 Å². The molecule has 1 heterocycles. The van der Waals surface area contributed by atoms with Gasteiger partial charge in [-0.1, -0.05) is 38.1 Å². The van der Waals surface area contributed by atoms with Gasteiger partial charge in [-0.25, -0.2) is 0 Å². The summed E-state index contributed by atoms with van der Waals surface area (Å²) in [6.45, 7) is 7.90. The molecule has 2 atom stereocenters. The summed E-state index contributed by atoms with van der Waals surface area (Å²) >= 11 is 0. The zero-order valence-corrected chi connectivity index (χ0v) is 12.7. The van der Waals surface area contributed by atoms with E-state index in [0.29, 0.717) is 6.04 Å². The van der Waals surface area contributed by atoms with Crippen molar-refractivity contribution < 1.29 is 0 Å². The Kier molecular flexibility index (Phi) is 5.41. The lowest BCUT2D eigenvalue weighted by Gasteiger charge is -2.40. The summed E-state index contributed by atoms with van der Waals surface area (Å²) in [6, 6.07) is 9.59. The molecule has 19 heavy (non-hydrogen) atoms. The molecule has 2 rings (SSSR count). The number of hydrogen-bond acceptors (Lipinski definition) is 2. The summed E-state index contributed by atoms with van der Waals surface area (Å²) in [5.74, 6) is 0.742. The normalized spacial score (nSPS) is 24.6. The van der Waals surface area contributed by atoms with Gasteiger partial charge >= 0.3 is 0 Å². The SMILES string of the molecule is CCNCC1CCCN(C)C1c1ccccc1CC. The third-order valence-electron chi connectivity index (χ3n) is 4.42. The molecular formula is C17H28N2. The Morgan fingerprint density at radius 3 is 2.79 bits per heavy atom. The van der Waals surface area contributed by atoms with Gasteiger partial charge in [0.25, 0.3) is 0 Å². The van der Waals surface area contributed by atoms with Crippen LogP contribution in [0.2, 0.25) is 0 Å². The molecule has 1 fully saturated rings. The maximum absolute atomic E-state index is 3.55. The molecule has 0 aliphatic carbocycles. The summed E-state index contributed by atoms with van der Waals surface area (Å²) in [6.07, 6.45) is 3.81. The molecule has 1 aromatic carbocycles. The molecule has 0 saturated carbocycles. The summed E-state index contributed by atoms with van der Waals surface area (Å²) < 4.78 is 0. The lowest BCUT2D eigenvalue weighted by Crippen LogP contribution is -2.40. The first-order valence-electron chi connectivity index (χ1n) is 7.76. The monoisotopic (exact) mass is 260 g/mol. The second-order valence-electron chi connectivity index (χ2n) is 5.69. The molecule has 2 unspecified atom stereocenters. The van der Waals surface area contributed by atoms with Gasteiger partial charge in [0.05, 0.1) is 0 Å². The Labute approximate surface area is 118 Å². The van der Waals surface area contributed by atoms with E-state index in [9.17, 15) is 0 Å². The van der Waals surface area contributed by atoms with Crippen molar-refractivity contribution in [1.82, 2.24) is 10.2 Å². The molecule has 1 saturated heterocycles. The number of aryl methyl sites for hydroxylation is 1. The van der Waals surface area contributed by atoms with Crippen molar-refractivity contribution in [3.8, 4) is 0 Å². The van der Waals surface area contributed by atoms with Crippen LogP contribution in [-0.4, -0.2) is 31.6 Å². The molecule has 0 amide bonds. The fourth-order valence-electron chi connectivity index (χ4n) is 3.44. The zero-order valence-electron chi connectivity index (χ0n) is 12.7. The largest absolute Gasteiger partial charge is 0.317 e. The second-order valence-corrected chi connectivity index (χ2v) is 5.69. The molecule has 106 valence electrons. The van der Waals surface area contributed by atoms with Crippen molar-refractivity contribution in [2.45, 2.75) is 39.2 Å². The van der Waals surface area contributed by atoms with Crippen molar-refractivity contribution in [1.29, 1.82) is 0 Å². The molecule has 1 aliphatic heterocycles. The highest BCUT2D eigenvalue weighted by Gasteiger charge is 2.31. The van der Waals surface area contributed by atoms with E-state index in [1.165, 1.54) is 24.9 Å². The Balaban J connectivity index is 2.25. The lowest BCUT2D eigenvalue weighted by atomic mass is 9.82. The minimum Gasteiger partial charge on any atom is -0.317 e. The number of hydrogen-bond donors (Lipinski definition) is 1. The van der Waals surface area contributed by atoms with Gasteiger partial charge < -0.3 is 5.32 Å². The number of nitrogens with one attached hydrogen (secondary N) is 1. The van der Waals surface area contributed by atoms with Crippen LogP contribution >= 0.6 is 0 Å². The Bertz CT molecular complexity index is 389. The molecule has 0 bridgehead atoms. The van der Waals surface area contributed by atoms with E-state index in [2.05, 4.69) is 55.4 Å². The maximum atomic E-state index is 3.55. The molecule has 0 aromatic heterocycles. The minimum absolute atomic E-state index is 0.587. The van der Waals surface area contributed by atoms with E-state index < -0.39 is 0 Å². The van der Waals surface area contributed by atoms with Gasteiger partial charge in [-0.05, 0) is 63.0 Å². The van der Waals surface area contributed by atoms with E-state index >= 15 is 0 Å². The summed E-state index contributed by atoms with van der Waals surface area (Å²) in [5.41, 5.74) is 3.07. The van der Waals surface area contributed by atoms with Crippen molar-refractivity contribution in [3.05, 3.63) is 35.4 Å². The molecule has 2 heteroatoms. The molecule has 1 aliphatic rings. The molecular weight excluding hydrogens is 232 g/mol. The molecule has 1 aromatic rings. The topological polar surface area (TPSA) is 15.3 Å². The van der Waals surface area contributed by atoms with Gasteiger partial charge in [0.15, 0.2) is 0 Å². The molecule has 0 spiro atoms. The van der Waals surface area contributed by atoms with Crippen LogP contribution in [-0.2, 0) is 6.42 Å². The van der Waals surface area contributed by atoms with Gasteiger partial charge in [-0.3, -0.25) is 4.90 Å². The van der Waals surface area contributed by atoms with Crippen molar-refractivity contribution in [2.24, 2.45) is 5.92 Å². The average Bonchev–Trinajstić information content (AvgIpc) is 2.45. The quantitative estimate of drug-likeness (QED) is 0.874. The van der Waals surface area contributed by atoms with Crippen LogP contribution in [0.4, 0.5) is 0 Å².